The van der Waals surface area contributed by atoms with Gasteiger partial charge in [-0.1, -0.05) is 61.0 Å². The Morgan fingerprint density at radius 2 is 1.68 bits per heavy atom. The van der Waals surface area contributed by atoms with E-state index < -0.39 is 0 Å². The lowest BCUT2D eigenvalue weighted by molar-refractivity contribution is -0.120. The fraction of sp³-hybridized carbons (Fsp3) is 0.387. The minimum absolute atomic E-state index is 0.0442. The fourth-order valence-corrected chi connectivity index (χ4v) is 5.82. The topological polar surface area (TPSA) is 32.8 Å². The molecule has 0 unspecified atom stereocenters. The lowest BCUT2D eigenvalue weighted by Gasteiger charge is -2.40. The van der Waals surface area contributed by atoms with Gasteiger partial charge in [0, 0.05) is 28.7 Å². The fourth-order valence-electron chi connectivity index (χ4n) is 5.55. The van der Waals surface area contributed by atoms with Crippen LogP contribution in [0.2, 0.25) is 0 Å². The molecule has 3 aromatic carbocycles. The molecular weight excluding hydrogens is 531 g/mol. The first-order valence-electron chi connectivity index (χ1n) is 12.9. The third-order valence-electron chi connectivity index (χ3n) is 7.80. The number of rotatable bonds is 5. The summed E-state index contributed by atoms with van der Waals surface area (Å²) < 4.78 is 21.3. The summed E-state index contributed by atoms with van der Waals surface area (Å²) in [6.45, 7) is 9.74. The second-order valence-corrected chi connectivity index (χ2v) is 12.3. The number of hydrogen-bond acceptors (Lipinski definition) is 3. The van der Waals surface area contributed by atoms with Crippen LogP contribution in [-0.4, -0.2) is 37.0 Å². The normalized spacial score (nSPS) is 17.2. The molecule has 37 heavy (non-hydrogen) atoms. The van der Waals surface area contributed by atoms with E-state index in [2.05, 4.69) is 65.9 Å². The first-order chi connectivity index (χ1) is 17.6. The number of ether oxygens (including phenoxy) is 1. The Hall–Kier alpha value is -2.70. The molecule has 2 aliphatic heterocycles. The quantitative estimate of drug-likeness (QED) is 0.340. The van der Waals surface area contributed by atoms with Crippen LogP contribution in [0, 0.1) is 5.82 Å². The van der Waals surface area contributed by atoms with E-state index in [4.69, 9.17) is 4.74 Å². The van der Waals surface area contributed by atoms with E-state index in [1.807, 2.05) is 29.2 Å². The minimum Gasteiger partial charge on any atom is -0.484 e. The molecule has 0 aliphatic carbocycles. The van der Waals surface area contributed by atoms with Crippen LogP contribution in [0.15, 0.2) is 71.2 Å². The Balaban J connectivity index is 1.26. The molecule has 0 N–H and O–H groups in total. The van der Waals surface area contributed by atoms with Gasteiger partial charge in [0.25, 0.3) is 5.91 Å². The Morgan fingerprint density at radius 3 is 2.32 bits per heavy atom. The molecule has 0 bridgehead atoms. The van der Waals surface area contributed by atoms with Crippen LogP contribution in [0.5, 0.6) is 5.75 Å². The first-order valence-corrected chi connectivity index (χ1v) is 13.7. The molecule has 3 aromatic rings. The number of halogens is 2. The highest BCUT2D eigenvalue weighted by molar-refractivity contribution is 9.10. The lowest BCUT2D eigenvalue weighted by atomic mass is 9.74. The summed E-state index contributed by atoms with van der Waals surface area (Å²) in [4.78, 5) is 17.6. The van der Waals surface area contributed by atoms with Crippen molar-refractivity contribution in [1.82, 2.24) is 4.90 Å². The summed E-state index contributed by atoms with van der Waals surface area (Å²) in [5, 5.41) is 0. The Morgan fingerprint density at radius 1 is 1.00 bits per heavy atom. The van der Waals surface area contributed by atoms with Gasteiger partial charge in [-0.3, -0.25) is 9.69 Å². The summed E-state index contributed by atoms with van der Waals surface area (Å²) in [6, 6.07) is 21.2. The van der Waals surface area contributed by atoms with Crippen molar-refractivity contribution in [3.8, 4) is 5.75 Å². The van der Waals surface area contributed by atoms with Crippen LogP contribution in [0.3, 0.4) is 0 Å². The second kappa shape index (κ2) is 10.2. The monoisotopic (exact) mass is 564 g/mol. The number of benzene rings is 3. The maximum Gasteiger partial charge on any atom is 0.264 e. The van der Waals surface area contributed by atoms with E-state index in [-0.39, 0.29) is 29.2 Å². The number of carbonyl (C=O) groups excluding carboxylic acids is 1. The van der Waals surface area contributed by atoms with Gasteiger partial charge < -0.3 is 9.64 Å². The smallest absolute Gasteiger partial charge is 0.264 e. The molecule has 1 spiro atoms. The van der Waals surface area contributed by atoms with Gasteiger partial charge in [0.05, 0.1) is 0 Å². The number of amides is 1. The molecule has 0 aromatic heterocycles. The molecule has 1 amide bonds. The molecule has 5 rings (SSSR count). The zero-order valence-corrected chi connectivity index (χ0v) is 23.4. The van der Waals surface area contributed by atoms with Crippen molar-refractivity contribution in [2.75, 3.05) is 31.1 Å². The molecule has 4 nitrogen and oxygen atoms in total. The third kappa shape index (κ3) is 5.60. The van der Waals surface area contributed by atoms with Crippen molar-refractivity contribution in [2.45, 2.75) is 51.0 Å². The Bertz CT molecular complexity index is 1260. The number of likely N-dealkylation sites (tertiary alicyclic amines) is 1. The number of carbonyl (C=O) groups is 1. The third-order valence-corrected chi connectivity index (χ3v) is 8.33. The van der Waals surface area contributed by atoms with Gasteiger partial charge in [0.1, 0.15) is 11.6 Å². The van der Waals surface area contributed by atoms with Gasteiger partial charge in [0.2, 0.25) is 0 Å². The summed E-state index contributed by atoms with van der Waals surface area (Å²) in [5.41, 5.74) is 4.11. The zero-order valence-electron chi connectivity index (χ0n) is 21.8. The van der Waals surface area contributed by atoms with Crippen molar-refractivity contribution in [3.05, 3.63) is 93.7 Å². The molecule has 0 saturated carbocycles. The maximum atomic E-state index is 14.4. The van der Waals surface area contributed by atoms with Crippen molar-refractivity contribution < 1.29 is 13.9 Å². The molecular formula is C31H34BrFN2O2. The Kier molecular flexibility index (Phi) is 7.16. The average Bonchev–Trinajstić information content (AvgIpc) is 3.18. The van der Waals surface area contributed by atoms with Gasteiger partial charge in [-0.05, 0) is 90.5 Å². The van der Waals surface area contributed by atoms with Gasteiger partial charge in [0.15, 0.2) is 6.61 Å². The first kappa shape index (κ1) is 25.9. The van der Waals surface area contributed by atoms with Crippen molar-refractivity contribution in [1.29, 1.82) is 0 Å². The largest absolute Gasteiger partial charge is 0.484 e. The van der Waals surface area contributed by atoms with Crippen molar-refractivity contribution >= 4 is 27.5 Å². The van der Waals surface area contributed by atoms with Crippen LogP contribution >= 0.6 is 15.9 Å². The van der Waals surface area contributed by atoms with E-state index in [9.17, 15) is 9.18 Å². The van der Waals surface area contributed by atoms with Crippen LogP contribution in [0.25, 0.3) is 0 Å². The van der Waals surface area contributed by atoms with Crippen LogP contribution in [0.4, 0.5) is 10.1 Å². The number of anilines is 1. The SMILES string of the molecule is CC(C)(C)c1ccc(OCC(=O)N2CC3(CCN(Cc4ccc(Br)cc4)CC3)c3cc(F)ccc32)cc1. The highest BCUT2D eigenvalue weighted by Crippen LogP contribution is 2.47. The summed E-state index contributed by atoms with van der Waals surface area (Å²) >= 11 is 3.50. The van der Waals surface area contributed by atoms with Crippen LogP contribution in [-0.2, 0) is 22.2 Å². The van der Waals surface area contributed by atoms with E-state index >= 15 is 0 Å². The molecule has 2 aliphatic rings. The van der Waals surface area contributed by atoms with Gasteiger partial charge in [-0.15, -0.1) is 0 Å². The van der Waals surface area contributed by atoms with E-state index in [1.165, 1.54) is 17.2 Å². The predicted octanol–water partition coefficient (Wildman–Crippen LogP) is 6.85. The molecule has 6 heteroatoms. The van der Waals surface area contributed by atoms with E-state index in [1.54, 1.807) is 12.1 Å². The number of piperidine rings is 1. The standard InChI is InChI=1S/C31H34BrFN2O2/c1-30(2,3)23-6-11-26(12-7-23)37-20-29(36)35-21-31(27-18-25(33)10-13-28(27)35)14-16-34(17-15-31)19-22-4-8-24(32)9-5-22/h4-13,18H,14-17,19-21H2,1-3H3. The second-order valence-electron chi connectivity index (χ2n) is 11.4. The minimum atomic E-state index is -0.250. The lowest BCUT2D eigenvalue weighted by Crippen LogP contribution is -2.46. The van der Waals surface area contributed by atoms with Gasteiger partial charge in [-0.2, -0.15) is 0 Å². The van der Waals surface area contributed by atoms with Gasteiger partial charge >= 0.3 is 0 Å². The summed E-state index contributed by atoms with van der Waals surface area (Å²) in [7, 11) is 0. The number of fused-ring (bicyclic) bond motifs is 2. The summed E-state index contributed by atoms with van der Waals surface area (Å²) in [5.74, 6) is 0.331. The zero-order chi connectivity index (χ0) is 26.2. The highest BCUT2D eigenvalue weighted by Gasteiger charge is 2.46. The molecule has 194 valence electrons. The van der Waals surface area contributed by atoms with E-state index in [0.717, 1.165) is 48.2 Å². The average molecular weight is 566 g/mol. The maximum absolute atomic E-state index is 14.4. The van der Waals surface area contributed by atoms with Crippen LogP contribution in [0.1, 0.15) is 50.3 Å². The van der Waals surface area contributed by atoms with E-state index in [0.29, 0.717) is 12.3 Å². The number of hydrogen-bond donors (Lipinski definition) is 0. The molecule has 2 heterocycles. The molecule has 1 saturated heterocycles. The number of nitrogens with zero attached hydrogens (tertiary/aromatic N) is 2. The van der Waals surface area contributed by atoms with Crippen molar-refractivity contribution in [3.63, 3.8) is 0 Å². The van der Waals surface area contributed by atoms with Crippen molar-refractivity contribution in [2.24, 2.45) is 0 Å². The highest BCUT2D eigenvalue weighted by atomic mass is 79.9. The van der Waals surface area contributed by atoms with Gasteiger partial charge in [-0.25, -0.2) is 4.39 Å². The predicted molar refractivity (Wildman–Crippen MR) is 150 cm³/mol. The van der Waals surface area contributed by atoms with Crippen LogP contribution < -0.4 is 9.64 Å². The Labute approximate surface area is 227 Å². The summed E-state index contributed by atoms with van der Waals surface area (Å²) in [6.07, 6.45) is 1.78. The molecule has 1 fully saturated rings. The molecule has 0 atom stereocenters. The molecule has 0 radical (unpaired) electrons.